The molecule has 0 radical (unpaired) electrons. The van der Waals surface area contributed by atoms with Crippen molar-refractivity contribution in [2.24, 2.45) is 7.05 Å². The normalized spacial score (nSPS) is 11.0. The van der Waals surface area contributed by atoms with Gasteiger partial charge in [-0.1, -0.05) is 30.3 Å². The lowest BCUT2D eigenvalue weighted by molar-refractivity contribution is -0.192. The van der Waals surface area contributed by atoms with Crippen LogP contribution in [0.25, 0.3) is 21.3 Å². The number of carbonyl (C=O) groups excluding carboxylic acids is 1. The van der Waals surface area contributed by atoms with Crippen molar-refractivity contribution in [3.8, 4) is 11.3 Å². The molecule has 0 atom stereocenters. The fraction of sp³-hybridized carbons (Fsp3) is 0.208. The van der Waals surface area contributed by atoms with E-state index in [2.05, 4.69) is 10.1 Å². The quantitative estimate of drug-likeness (QED) is 0.421. The molecule has 188 valence electrons. The standard InChI is InChI=1S/C22H20N4O2S.C2HF3O2/c1-3-26(13-15-7-5-4-6-8-15)21(27)17-14-29-20-18(17)22(28)25(2)24-19(20)16-9-11-23-12-10-16;3-2(4,5)1(6)7/h4-12,14H,3,13H2,1-2H3;(H,6,7). The minimum absolute atomic E-state index is 0.147. The molecule has 1 amide bonds. The summed E-state index contributed by atoms with van der Waals surface area (Å²) in [7, 11) is 1.61. The Hall–Kier alpha value is -4.06. The molecular weight excluding hydrogens is 497 g/mol. The van der Waals surface area contributed by atoms with Gasteiger partial charge in [-0.15, -0.1) is 11.3 Å². The lowest BCUT2D eigenvalue weighted by Crippen LogP contribution is -2.31. The van der Waals surface area contributed by atoms with Crippen LogP contribution in [0.1, 0.15) is 22.8 Å². The number of hydrogen-bond donors (Lipinski definition) is 1. The van der Waals surface area contributed by atoms with Crippen LogP contribution >= 0.6 is 11.3 Å². The molecule has 0 aliphatic rings. The van der Waals surface area contributed by atoms with E-state index in [1.165, 1.54) is 16.0 Å². The summed E-state index contributed by atoms with van der Waals surface area (Å²) in [6.07, 6.45) is -1.71. The Bertz CT molecular complexity index is 1420. The van der Waals surface area contributed by atoms with E-state index < -0.39 is 12.1 Å². The van der Waals surface area contributed by atoms with Gasteiger partial charge < -0.3 is 10.0 Å². The summed E-state index contributed by atoms with van der Waals surface area (Å²) in [4.78, 5) is 40.9. The van der Waals surface area contributed by atoms with Gasteiger partial charge in [0, 0.05) is 43.5 Å². The first-order chi connectivity index (χ1) is 17.0. The van der Waals surface area contributed by atoms with Gasteiger partial charge in [0.05, 0.1) is 15.6 Å². The Morgan fingerprint density at radius 2 is 1.72 bits per heavy atom. The van der Waals surface area contributed by atoms with Crippen LogP contribution in [0.4, 0.5) is 13.2 Å². The highest BCUT2D eigenvalue weighted by atomic mass is 32.1. The molecule has 4 rings (SSSR count). The molecule has 0 spiro atoms. The lowest BCUT2D eigenvalue weighted by atomic mass is 10.1. The Morgan fingerprint density at radius 3 is 2.28 bits per heavy atom. The fourth-order valence-corrected chi connectivity index (χ4v) is 4.34. The third kappa shape index (κ3) is 5.95. The first-order valence-corrected chi connectivity index (χ1v) is 11.4. The van der Waals surface area contributed by atoms with Gasteiger partial charge in [0.1, 0.15) is 5.69 Å². The molecular formula is C24H21F3N4O4S. The fourth-order valence-electron chi connectivity index (χ4n) is 3.30. The van der Waals surface area contributed by atoms with E-state index in [0.29, 0.717) is 29.7 Å². The number of thiophene rings is 1. The maximum atomic E-state index is 13.3. The van der Waals surface area contributed by atoms with E-state index in [4.69, 9.17) is 9.90 Å². The number of carboxylic acid groups (broad SMARTS) is 1. The van der Waals surface area contributed by atoms with Crippen LogP contribution in [0, 0.1) is 0 Å². The number of aliphatic carboxylic acids is 1. The summed E-state index contributed by atoms with van der Waals surface area (Å²) in [6.45, 7) is 2.99. The smallest absolute Gasteiger partial charge is 0.475 e. The number of carbonyl (C=O) groups is 2. The zero-order chi connectivity index (χ0) is 26.5. The third-order valence-electron chi connectivity index (χ3n) is 5.08. The van der Waals surface area contributed by atoms with E-state index in [9.17, 15) is 22.8 Å². The number of aryl methyl sites for hydroxylation is 1. The lowest BCUT2D eigenvalue weighted by Gasteiger charge is -2.20. The van der Waals surface area contributed by atoms with E-state index in [0.717, 1.165) is 15.8 Å². The zero-order valence-corrected chi connectivity index (χ0v) is 20.0. The molecule has 12 heteroatoms. The molecule has 0 saturated carbocycles. The predicted octanol–water partition coefficient (Wildman–Crippen LogP) is 4.35. The second kappa shape index (κ2) is 11.1. The SMILES string of the molecule is CCN(Cc1ccccc1)C(=O)c1csc2c(-c3ccncc3)nn(C)c(=O)c12.O=C(O)C(F)(F)F. The summed E-state index contributed by atoms with van der Waals surface area (Å²) in [5.74, 6) is -2.90. The van der Waals surface area contributed by atoms with Crippen molar-refractivity contribution in [3.05, 3.63) is 81.7 Å². The molecule has 1 aromatic carbocycles. The number of halogens is 3. The van der Waals surface area contributed by atoms with Gasteiger partial charge in [-0.2, -0.15) is 18.3 Å². The molecule has 3 heterocycles. The third-order valence-corrected chi connectivity index (χ3v) is 6.06. The van der Waals surface area contributed by atoms with Crippen LogP contribution in [-0.2, 0) is 18.4 Å². The molecule has 0 aliphatic carbocycles. The number of aromatic nitrogens is 3. The average molecular weight is 519 g/mol. The van der Waals surface area contributed by atoms with Crippen molar-refractivity contribution in [1.29, 1.82) is 0 Å². The van der Waals surface area contributed by atoms with Gasteiger partial charge >= 0.3 is 12.1 Å². The van der Waals surface area contributed by atoms with E-state index in [1.54, 1.807) is 29.7 Å². The summed E-state index contributed by atoms with van der Waals surface area (Å²) < 4.78 is 33.8. The number of benzene rings is 1. The number of fused-ring (bicyclic) bond motifs is 1. The highest BCUT2D eigenvalue weighted by molar-refractivity contribution is 7.18. The zero-order valence-electron chi connectivity index (χ0n) is 19.2. The van der Waals surface area contributed by atoms with Gasteiger partial charge in [-0.3, -0.25) is 14.6 Å². The topological polar surface area (TPSA) is 105 Å². The van der Waals surface area contributed by atoms with Gasteiger partial charge in [-0.25, -0.2) is 9.48 Å². The van der Waals surface area contributed by atoms with Gasteiger partial charge in [0.25, 0.3) is 11.5 Å². The maximum Gasteiger partial charge on any atom is 0.490 e. The van der Waals surface area contributed by atoms with Gasteiger partial charge in [-0.05, 0) is 24.6 Å². The minimum atomic E-state index is -5.08. The number of alkyl halides is 3. The number of carboxylic acids is 1. The highest BCUT2D eigenvalue weighted by Crippen LogP contribution is 2.32. The first kappa shape index (κ1) is 26.5. The van der Waals surface area contributed by atoms with Crippen molar-refractivity contribution >= 4 is 33.3 Å². The number of rotatable bonds is 5. The van der Waals surface area contributed by atoms with Crippen LogP contribution in [0.3, 0.4) is 0 Å². The molecule has 3 aromatic heterocycles. The van der Waals surface area contributed by atoms with E-state index in [1.807, 2.05) is 49.4 Å². The van der Waals surface area contributed by atoms with Crippen molar-refractivity contribution in [2.45, 2.75) is 19.6 Å². The predicted molar refractivity (Wildman–Crippen MR) is 129 cm³/mol. The van der Waals surface area contributed by atoms with Gasteiger partial charge in [0.15, 0.2) is 0 Å². The summed E-state index contributed by atoms with van der Waals surface area (Å²) in [6, 6.07) is 13.5. The molecule has 1 N–H and O–H groups in total. The molecule has 0 saturated heterocycles. The van der Waals surface area contributed by atoms with Crippen LogP contribution in [0.15, 0.2) is 65.0 Å². The molecule has 36 heavy (non-hydrogen) atoms. The Labute approximate surface area is 207 Å². The van der Waals surface area contributed by atoms with Crippen LogP contribution < -0.4 is 5.56 Å². The highest BCUT2D eigenvalue weighted by Gasteiger charge is 2.38. The minimum Gasteiger partial charge on any atom is -0.475 e. The Balaban J connectivity index is 0.000000454. The number of nitrogens with zero attached hydrogens (tertiary/aromatic N) is 4. The van der Waals surface area contributed by atoms with Crippen molar-refractivity contribution in [1.82, 2.24) is 19.7 Å². The second-order valence-corrected chi connectivity index (χ2v) is 8.35. The molecule has 4 aromatic rings. The largest absolute Gasteiger partial charge is 0.490 e. The summed E-state index contributed by atoms with van der Waals surface area (Å²) in [5, 5.41) is 13.8. The molecule has 0 bridgehead atoms. The van der Waals surface area contributed by atoms with Crippen molar-refractivity contribution in [3.63, 3.8) is 0 Å². The van der Waals surface area contributed by atoms with Gasteiger partial charge in [0.2, 0.25) is 0 Å². The van der Waals surface area contributed by atoms with E-state index >= 15 is 0 Å². The van der Waals surface area contributed by atoms with Crippen molar-refractivity contribution < 1.29 is 27.9 Å². The molecule has 8 nitrogen and oxygen atoms in total. The van der Waals surface area contributed by atoms with Crippen LogP contribution in [-0.4, -0.2) is 49.4 Å². The van der Waals surface area contributed by atoms with E-state index in [-0.39, 0.29) is 11.5 Å². The first-order valence-electron chi connectivity index (χ1n) is 10.6. The molecule has 0 aliphatic heterocycles. The second-order valence-electron chi connectivity index (χ2n) is 7.47. The Kier molecular flexibility index (Phi) is 8.20. The van der Waals surface area contributed by atoms with Crippen LogP contribution in [0.5, 0.6) is 0 Å². The van der Waals surface area contributed by atoms with Crippen molar-refractivity contribution in [2.75, 3.05) is 6.54 Å². The number of hydrogen-bond acceptors (Lipinski definition) is 6. The average Bonchev–Trinajstić information content (AvgIpc) is 3.31. The maximum absolute atomic E-state index is 13.3. The number of amides is 1. The Morgan fingerprint density at radius 1 is 1.11 bits per heavy atom. The number of pyridine rings is 1. The molecule has 0 fully saturated rings. The van der Waals surface area contributed by atoms with Crippen LogP contribution in [0.2, 0.25) is 0 Å². The molecule has 0 unspecified atom stereocenters. The monoisotopic (exact) mass is 518 g/mol. The summed E-state index contributed by atoms with van der Waals surface area (Å²) >= 11 is 1.38. The summed E-state index contributed by atoms with van der Waals surface area (Å²) in [5.41, 5.74) is 2.76.